The molecule has 0 unspecified atom stereocenters. The van der Waals surface area contributed by atoms with Crippen molar-refractivity contribution in [1.29, 1.82) is 0 Å². The van der Waals surface area contributed by atoms with Crippen LogP contribution in [0.3, 0.4) is 0 Å². The largest absolute Gasteiger partial charge is 0.372 e. The molecule has 1 aliphatic carbocycles. The van der Waals surface area contributed by atoms with E-state index in [2.05, 4.69) is 35.6 Å². The molecule has 22 heavy (non-hydrogen) atoms. The number of ether oxygens (including phenoxy) is 1. The molecule has 0 N–H and O–H groups in total. The molecule has 3 atom stereocenters. The zero-order chi connectivity index (χ0) is 15.3. The topological polar surface area (TPSA) is 38.2 Å². The lowest BCUT2D eigenvalue weighted by Crippen LogP contribution is -2.46. The zero-order valence-corrected chi connectivity index (χ0v) is 14.3. The molecule has 4 nitrogen and oxygen atoms in total. The lowest BCUT2D eigenvalue weighted by molar-refractivity contribution is -0.00537. The molecule has 0 spiro atoms. The number of aryl methyl sites for hydroxylation is 1. The van der Waals surface area contributed by atoms with E-state index in [1.807, 2.05) is 11.3 Å². The fourth-order valence-electron chi connectivity index (χ4n) is 3.85. The molecule has 4 rings (SSSR count). The second-order valence-corrected chi connectivity index (χ2v) is 7.98. The Morgan fingerprint density at radius 3 is 2.73 bits per heavy atom. The van der Waals surface area contributed by atoms with E-state index in [0.717, 1.165) is 29.7 Å². The normalized spacial score (nSPS) is 28.9. The van der Waals surface area contributed by atoms with Crippen molar-refractivity contribution in [3.63, 3.8) is 0 Å². The van der Waals surface area contributed by atoms with Crippen molar-refractivity contribution in [2.24, 2.45) is 5.92 Å². The smallest absolute Gasteiger partial charge is 0.141 e. The first-order chi connectivity index (χ1) is 10.6. The summed E-state index contributed by atoms with van der Waals surface area (Å²) in [6, 6.07) is 0. The van der Waals surface area contributed by atoms with Gasteiger partial charge in [0, 0.05) is 18.0 Å². The minimum Gasteiger partial charge on any atom is -0.372 e. The van der Waals surface area contributed by atoms with Gasteiger partial charge in [-0.1, -0.05) is 6.92 Å². The van der Waals surface area contributed by atoms with E-state index >= 15 is 0 Å². The Balaban J connectivity index is 1.81. The first-order valence-electron chi connectivity index (χ1n) is 8.27. The van der Waals surface area contributed by atoms with E-state index in [9.17, 15) is 0 Å². The van der Waals surface area contributed by atoms with Crippen molar-refractivity contribution in [3.8, 4) is 0 Å². The van der Waals surface area contributed by atoms with Crippen LogP contribution in [0.15, 0.2) is 6.33 Å². The highest BCUT2D eigenvalue weighted by Gasteiger charge is 2.28. The van der Waals surface area contributed by atoms with Gasteiger partial charge in [-0.15, -0.1) is 11.3 Å². The molecule has 0 aromatic carbocycles. The number of aromatic nitrogens is 2. The summed E-state index contributed by atoms with van der Waals surface area (Å²) in [5.41, 5.74) is 1.51. The summed E-state index contributed by atoms with van der Waals surface area (Å²) in [7, 11) is 0. The summed E-state index contributed by atoms with van der Waals surface area (Å²) >= 11 is 1.87. The van der Waals surface area contributed by atoms with Gasteiger partial charge in [-0.3, -0.25) is 0 Å². The predicted octanol–water partition coefficient (Wildman–Crippen LogP) is 3.43. The number of hydrogen-bond donors (Lipinski definition) is 0. The molecule has 0 radical (unpaired) electrons. The van der Waals surface area contributed by atoms with Crippen LogP contribution in [0.4, 0.5) is 5.82 Å². The molecule has 1 aliphatic heterocycles. The lowest BCUT2D eigenvalue weighted by Gasteiger charge is -2.36. The maximum absolute atomic E-state index is 5.88. The van der Waals surface area contributed by atoms with E-state index < -0.39 is 0 Å². The van der Waals surface area contributed by atoms with Gasteiger partial charge in [0.15, 0.2) is 0 Å². The lowest BCUT2D eigenvalue weighted by atomic mass is 9.89. The molecule has 0 bridgehead atoms. The summed E-state index contributed by atoms with van der Waals surface area (Å²) in [6.07, 6.45) is 5.89. The quantitative estimate of drug-likeness (QED) is 0.808. The Kier molecular flexibility index (Phi) is 3.57. The van der Waals surface area contributed by atoms with Crippen molar-refractivity contribution in [1.82, 2.24) is 9.97 Å². The van der Waals surface area contributed by atoms with Gasteiger partial charge >= 0.3 is 0 Å². The SMILES string of the molecule is C[C@@H]1CCc2c(sc3ncnc(N4C[C@H](C)O[C@@H](C)C4)c23)C1. The highest BCUT2D eigenvalue weighted by atomic mass is 32.1. The number of hydrogen-bond acceptors (Lipinski definition) is 5. The molecular weight excluding hydrogens is 294 g/mol. The van der Waals surface area contributed by atoms with Crippen LogP contribution in [0, 0.1) is 5.92 Å². The Bertz CT molecular complexity index is 689. The monoisotopic (exact) mass is 317 g/mol. The van der Waals surface area contributed by atoms with E-state index in [4.69, 9.17) is 4.74 Å². The van der Waals surface area contributed by atoms with Gasteiger partial charge in [0.1, 0.15) is 17.0 Å². The van der Waals surface area contributed by atoms with Crippen molar-refractivity contribution in [2.75, 3.05) is 18.0 Å². The first kappa shape index (κ1) is 14.4. The van der Waals surface area contributed by atoms with E-state index in [0.29, 0.717) is 0 Å². The van der Waals surface area contributed by atoms with Gasteiger partial charge in [-0.05, 0) is 44.6 Å². The average molecular weight is 317 g/mol. The van der Waals surface area contributed by atoms with E-state index in [-0.39, 0.29) is 12.2 Å². The molecular formula is C17H23N3OS. The van der Waals surface area contributed by atoms with E-state index in [1.165, 1.54) is 35.1 Å². The molecule has 0 amide bonds. The average Bonchev–Trinajstić information content (AvgIpc) is 2.83. The summed E-state index contributed by atoms with van der Waals surface area (Å²) in [4.78, 5) is 14.3. The first-order valence-corrected chi connectivity index (χ1v) is 9.09. The van der Waals surface area contributed by atoms with Crippen LogP contribution >= 0.6 is 11.3 Å². The molecule has 1 saturated heterocycles. The van der Waals surface area contributed by atoms with Gasteiger partial charge in [0.25, 0.3) is 0 Å². The predicted molar refractivity (Wildman–Crippen MR) is 90.8 cm³/mol. The summed E-state index contributed by atoms with van der Waals surface area (Å²) in [6.45, 7) is 8.47. The maximum Gasteiger partial charge on any atom is 0.141 e. The highest BCUT2D eigenvalue weighted by molar-refractivity contribution is 7.19. The maximum atomic E-state index is 5.88. The van der Waals surface area contributed by atoms with Crippen LogP contribution in [0.1, 0.15) is 37.6 Å². The van der Waals surface area contributed by atoms with Crippen LogP contribution < -0.4 is 4.90 Å². The molecule has 2 aromatic heterocycles. The number of morpholine rings is 1. The van der Waals surface area contributed by atoms with Crippen LogP contribution in [0.25, 0.3) is 10.2 Å². The highest BCUT2D eigenvalue weighted by Crippen LogP contribution is 2.40. The molecule has 3 heterocycles. The molecule has 0 saturated carbocycles. The second-order valence-electron chi connectivity index (χ2n) is 6.89. The van der Waals surface area contributed by atoms with Gasteiger partial charge in [-0.2, -0.15) is 0 Å². The summed E-state index contributed by atoms with van der Waals surface area (Å²) < 4.78 is 5.88. The van der Waals surface area contributed by atoms with Crippen LogP contribution in [0.2, 0.25) is 0 Å². The van der Waals surface area contributed by atoms with E-state index in [1.54, 1.807) is 6.33 Å². The minimum atomic E-state index is 0.253. The fraction of sp³-hybridized carbons (Fsp3) is 0.647. The van der Waals surface area contributed by atoms with Crippen LogP contribution in [-0.4, -0.2) is 35.3 Å². The van der Waals surface area contributed by atoms with Gasteiger partial charge < -0.3 is 9.64 Å². The number of nitrogens with zero attached hydrogens (tertiary/aromatic N) is 3. The fourth-order valence-corrected chi connectivity index (χ4v) is 5.19. The Morgan fingerprint density at radius 2 is 1.95 bits per heavy atom. The molecule has 2 aliphatic rings. The number of anilines is 1. The standard InChI is InChI=1S/C17H23N3OS/c1-10-4-5-13-14(6-10)22-17-15(13)16(18-9-19-17)20-7-11(2)21-12(3)8-20/h9-12H,4-8H2,1-3H3/t10-,11+,12+/m1/s1. The van der Waals surface area contributed by atoms with Crippen LogP contribution in [0.5, 0.6) is 0 Å². The van der Waals surface area contributed by atoms with Crippen molar-refractivity contribution in [2.45, 2.75) is 52.2 Å². The third-order valence-electron chi connectivity index (χ3n) is 4.79. The molecule has 1 fully saturated rings. The molecule has 118 valence electrons. The van der Waals surface area contributed by atoms with Crippen LogP contribution in [-0.2, 0) is 17.6 Å². The summed E-state index contributed by atoms with van der Waals surface area (Å²) in [5, 5.41) is 1.32. The Hall–Kier alpha value is -1.20. The third-order valence-corrected chi connectivity index (χ3v) is 5.95. The Morgan fingerprint density at radius 1 is 1.18 bits per heavy atom. The number of fused-ring (bicyclic) bond motifs is 3. The summed E-state index contributed by atoms with van der Waals surface area (Å²) in [5.74, 6) is 1.92. The minimum absolute atomic E-state index is 0.253. The second kappa shape index (κ2) is 5.46. The van der Waals surface area contributed by atoms with Gasteiger partial charge in [0.2, 0.25) is 0 Å². The third kappa shape index (κ3) is 2.40. The van der Waals surface area contributed by atoms with Crippen molar-refractivity contribution < 1.29 is 4.74 Å². The molecule has 2 aromatic rings. The van der Waals surface area contributed by atoms with Crippen molar-refractivity contribution >= 4 is 27.4 Å². The number of rotatable bonds is 1. The van der Waals surface area contributed by atoms with Gasteiger partial charge in [-0.25, -0.2) is 9.97 Å². The molecule has 5 heteroatoms. The van der Waals surface area contributed by atoms with Gasteiger partial charge in [0.05, 0.1) is 17.6 Å². The number of thiophene rings is 1. The van der Waals surface area contributed by atoms with Crippen molar-refractivity contribution in [3.05, 3.63) is 16.8 Å². The zero-order valence-electron chi connectivity index (χ0n) is 13.5. The Labute approximate surface area is 135 Å².